The topological polar surface area (TPSA) is 119 Å². The van der Waals surface area contributed by atoms with Gasteiger partial charge in [0.2, 0.25) is 0 Å². The number of amides is 1. The van der Waals surface area contributed by atoms with E-state index in [0.29, 0.717) is 62.5 Å². The number of aryl methyl sites for hydroxylation is 1. The Morgan fingerprint density at radius 3 is 2.20 bits per heavy atom. The second kappa shape index (κ2) is 18.5. The van der Waals surface area contributed by atoms with Crippen molar-refractivity contribution in [2.24, 2.45) is 0 Å². The van der Waals surface area contributed by atoms with Crippen LogP contribution in [0.5, 0.6) is 17.5 Å². The molecule has 70 heavy (non-hydrogen) atoms. The molecule has 0 saturated carbocycles. The van der Waals surface area contributed by atoms with Crippen LogP contribution in [0.1, 0.15) is 88.1 Å². The molecular formula is C51H56ClF5N8O5. The third kappa shape index (κ3) is 9.09. The minimum Gasteiger partial charge on any atom is -0.497 e. The van der Waals surface area contributed by atoms with Crippen LogP contribution in [0, 0.1) is 5.82 Å². The Morgan fingerprint density at radius 2 is 1.56 bits per heavy atom. The van der Waals surface area contributed by atoms with Crippen molar-refractivity contribution >= 4 is 40.2 Å². The van der Waals surface area contributed by atoms with Crippen LogP contribution in [-0.4, -0.2) is 112 Å². The maximum atomic E-state index is 18.0. The van der Waals surface area contributed by atoms with Crippen LogP contribution in [0.15, 0.2) is 54.6 Å². The molecule has 0 aliphatic carbocycles. The fraction of sp³-hybridized carbons (Fsp3) is 0.510. The molecule has 0 N–H and O–H groups in total. The fourth-order valence-electron chi connectivity index (χ4n) is 11.4. The van der Waals surface area contributed by atoms with E-state index in [2.05, 4.69) is 19.8 Å². The number of fused-ring (bicyclic) bond motifs is 6. The Kier molecular flexibility index (Phi) is 12.6. The molecule has 5 aliphatic rings. The summed E-state index contributed by atoms with van der Waals surface area (Å²) in [6, 6.07) is 14.6. The summed E-state index contributed by atoms with van der Waals surface area (Å²) >= 11 is 6.70. The molecule has 0 radical (unpaired) electrons. The van der Waals surface area contributed by atoms with Crippen molar-refractivity contribution in [2.45, 2.75) is 127 Å². The second-order valence-corrected chi connectivity index (χ2v) is 20.6. The van der Waals surface area contributed by atoms with Gasteiger partial charge in [-0.25, -0.2) is 23.5 Å². The van der Waals surface area contributed by atoms with Crippen molar-refractivity contribution in [1.29, 1.82) is 0 Å². The SMILES string of the molecule is COc1ccc(CN(Cc2ccc(OC)cc2)c2cc(Cl)c(C(F)(F)F)c(-c3nc4c5c(nc(OC[C@@]67CCCN6C[C@H](F)C7)nc5c3F)N3C[C@H]5CC[C@@H]([C@H]3CCC4)N5C(=O)OC(C)(C)C)n2)cc1. The molecule has 19 heteroatoms. The number of ether oxygens (including phenoxy) is 4. The standard InChI is InChI=1S/C51H56ClF5N8O5/c1-49(2,3)70-48(66)65-32-14-19-38(65)37-9-6-8-36-40-43(60-47(61-46(40)64(37)27-32)69-28-50-20-7-21-63(50)26-31(53)23-50)42(54)45(58-36)44-41(51(55,56)57)35(52)22-39(59-44)62(24-29-10-15-33(67-4)16-11-29)25-30-12-17-34(68-5)18-13-30/h10-13,15-18,22,31-32,37-38H,6-9,14,19-21,23-28H2,1-5H3/t31-,32-,37-,38+,50+/m1/s1. The highest BCUT2D eigenvalue weighted by atomic mass is 35.5. The van der Waals surface area contributed by atoms with Gasteiger partial charge in [0.15, 0.2) is 5.82 Å². The summed E-state index contributed by atoms with van der Waals surface area (Å²) in [5, 5.41) is -0.451. The van der Waals surface area contributed by atoms with Crippen LogP contribution < -0.4 is 24.0 Å². The number of pyridine rings is 2. The monoisotopic (exact) mass is 990 g/mol. The van der Waals surface area contributed by atoms with Crippen molar-refractivity contribution in [3.05, 3.63) is 87.8 Å². The van der Waals surface area contributed by atoms with Crippen LogP contribution in [0.3, 0.4) is 0 Å². The van der Waals surface area contributed by atoms with Gasteiger partial charge in [0.25, 0.3) is 0 Å². The van der Waals surface area contributed by atoms with Crippen LogP contribution in [0.25, 0.3) is 22.3 Å². The zero-order chi connectivity index (χ0) is 49.3. The van der Waals surface area contributed by atoms with E-state index in [1.54, 1.807) is 43.4 Å². The highest BCUT2D eigenvalue weighted by Crippen LogP contribution is 2.48. The largest absolute Gasteiger partial charge is 0.497 e. The summed E-state index contributed by atoms with van der Waals surface area (Å²) < 4.78 is 102. The first-order valence-corrected chi connectivity index (χ1v) is 24.3. The number of anilines is 2. The fourth-order valence-corrected chi connectivity index (χ4v) is 11.7. The van der Waals surface area contributed by atoms with E-state index in [0.717, 1.165) is 23.6 Å². The molecule has 1 amide bonds. The summed E-state index contributed by atoms with van der Waals surface area (Å²) in [7, 11) is 3.10. The first-order chi connectivity index (χ1) is 33.4. The number of rotatable bonds is 11. The molecule has 5 aromatic rings. The zero-order valence-corrected chi connectivity index (χ0v) is 40.5. The highest BCUT2D eigenvalue weighted by Gasteiger charge is 2.52. The van der Waals surface area contributed by atoms with Gasteiger partial charge in [-0.3, -0.25) is 9.80 Å². The second-order valence-electron chi connectivity index (χ2n) is 20.2. The van der Waals surface area contributed by atoms with E-state index in [-0.39, 0.29) is 85.6 Å². The van der Waals surface area contributed by atoms with Gasteiger partial charge in [-0.05, 0) is 114 Å². The number of halogens is 6. The molecule has 2 bridgehead atoms. The van der Waals surface area contributed by atoms with Crippen LogP contribution in [0.2, 0.25) is 5.02 Å². The molecule has 2 aromatic carbocycles. The minimum atomic E-state index is -5.09. The Labute approximate surface area is 408 Å². The number of alkyl halides is 4. The van der Waals surface area contributed by atoms with Crippen molar-refractivity contribution in [3.63, 3.8) is 0 Å². The predicted molar refractivity (Wildman–Crippen MR) is 254 cm³/mol. The number of hydrogen-bond acceptors (Lipinski definition) is 12. The molecule has 10 rings (SSSR count). The summed E-state index contributed by atoms with van der Waals surface area (Å²) in [6.45, 7) is 7.17. The maximum Gasteiger partial charge on any atom is 0.420 e. The molecule has 0 unspecified atom stereocenters. The van der Waals surface area contributed by atoms with Gasteiger partial charge in [0.05, 0.1) is 54.0 Å². The molecule has 3 aromatic heterocycles. The van der Waals surface area contributed by atoms with E-state index >= 15 is 17.6 Å². The summed E-state index contributed by atoms with van der Waals surface area (Å²) in [4.78, 5) is 40.6. The van der Waals surface area contributed by atoms with E-state index in [9.17, 15) is 9.18 Å². The lowest BCUT2D eigenvalue weighted by Gasteiger charge is -2.48. The number of carbonyl (C=O) groups excluding carboxylic acids is 1. The Balaban J connectivity index is 1.12. The van der Waals surface area contributed by atoms with E-state index in [4.69, 9.17) is 40.5 Å². The predicted octanol–water partition coefficient (Wildman–Crippen LogP) is 10.4. The number of aromatic nitrogens is 4. The molecule has 4 fully saturated rings. The van der Waals surface area contributed by atoms with Crippen molar-refractivity contribution < 1.29 is 45.7 Å². The number of carbonyl (C=O) groups is 1. The van der Waals surface area contributed by atoms with Gasteiger partial charge in [0.1, 0.15) is 64.0 Å². The molecule has 5 atom stereocenters. The molecule has 4 saturated heterocycles. The maximum absolute atomic E-state index is 18.0. The molecular weight excluding hydrogens is 935 g/mol. The van der Waals surface area contributed by atoms with E-state index in [1.807, 2.05) is 49.9 Å². The molecule has 13 nitrogen and oxygen atoms in total. The first-order valence-electron chi connectivity index (χ1n) is 23.9. The van der Waals surface area contributed by atoms with Crippen molar-refractivity contribution in [1.82, 2.24) is 29.7 Å². The average molecular weight is 992 g/mol. The van der Waals surface area contributed by atoms with Crippen LogP contribution >= 0.6 is 11.6 Å². The molecule has 372 valence electrons. The molecule has 0 spiro atoms. The van der Waals surface area contributed by atoms with Gasteiger partial charge < -0.3 is 28.7 Å². The lowest BCUT2D eigenvalue weighted by molar-refractivity contribution is -0.137. The summed E-state index contributed by atoms with van der Waals surface area (Å²) in [5.41, 5.74) is -2.57. The number of piperazine rings is 1. The smallest absolute Gasteiger partial charge is 0.420 e. The van der Waals surface area contributed by atoms with Crippen molar-refractivity contribution in [3.8, 4) is 28.9 Å². The lowest BCUT2D eigenvalue weighted by Crippen LogP contribution is -2.62. The van der Waals surface area contributed by atoms with Gasteiger partial charge in [-0.2, -0.15) is 23.1 Å². The first kappa shape index (κ1) is 47.9. The number of nitrogens with zero attached hydrogens (tertiary/aromatic N) is 8. The van der Waals surface area contributed by atoms with Gasteiger partial charge in [-0.15, -0.1) is 0 Å². The number of methoxy groups -OCH3 is 2. The Bertz CT molecular complexity index is 2730. The number of hydrogen-bond donors (Lipinski definition) is 0. The van der Waals surface area contributed by atoms with Crippen molar-refractivity contribution in [2.75, 3.05) is 50.3 Å². The number of benzene rings is 2. The summed E-state index contributed by atoms with van der Waals surface area (Å²) in [6.07, 6.45) is -2.04. The van der Waals surface area contributed by atoms with Crippen LogP contribution in [0.4, 0.5) is 38.4 Å². The average Bonchev–Trinajstić information content (AvgIpc) is 3.96. The summed E-state index contributed by atoms with van der Waals surface area (Å²) in [5.74, 6) is 0.439. The lowest BCUT2D eigenvalue weighted by atomic mass is 9.93. The third-order valence-corrected chi connectivity index (χ3v) is 14.8. The highest BCUT2D eigenvalue weighted by molar-refractivity contribution is 6.32. The van der Waals surface area contributed by atoms with Gasteiger partial charge in [-0.1, -0.05) is 35.9 Å². The normalized spacial score (nSPS) is 23.2. The quantitative estimate of drug-likeness (QED) is 0.117. The zero-order valence-electron chi connectivity index (χ0n) is 39.8. The van der Waals surface area contributed by atoms with E-state index < -0.39 is 57.4 Å². The van der Waals surface area contributed by atoms with Gasteiger partial charge >= 0.3 is 18.3 Å². The van der Waals surface area contributed by atoms with Crippen LogP contribution in [-0.2, 0) is 30.4 Å². The van der Waals surface area contributed by atoms with Gasteiger partial charge in [0, 0.05) is 32.6 Å². The molecule has 5 aliphatic heterocycles. The Hall–Kier alpha value is -5.75. The minimum absolute atomic E-state index is 0.0293. The third-order valence-electron chi connectivity index (χ3n) is 14.5. The molecule has 8 heterocycles. The van der Waals surface area contributed by atoms with E-state index in [1.165, 1.54) is 0 Å². The Morgan fingerprint density at radius 1 is 0.871 bits per heavy atom.